The zero-order chi connectivity index (χ0) is 19.6. The summed E-state index contributed by atoms with van der Waals surface area (Å²) in [5.74, 6) is 0.761. The van der Waals surface area contributed by atoms with Gasteiger partial charge < -0.3 is 15.0 Å². The SMILES string of the molecule is CCCC1(C)C=Cc2cc(NC(=O)c3cccc(N(C)C)c3)c(C)cc2O1. The van der Waals surface area contributed by atoms with E-state index in [9.17, 15) is 4.79 Å². The number of aryl methyl sites for hydroxylation is 1. The van der Waals surface area contributed by atoms with Crippen LogP contribution in [0.1, 0.15) is 48.2 Å². The fourth-order valence-corrected chi connectivity index (χ4v) is 3.35. The van der Waals surface area contributed by atoms with E-state index in [1.165, 1.54) is 0 Å². The van der Waals surface area contributed by atoms with E-state index < -0.39 is 0 Å². The lowest BCUT2D eigenvalue weighted by atomic mass is 9.94. The molecule has 0 fully saturated rings. The lowest BCUT2D eigenvalue weighted by molar-refractivity contribution is 0.102. The second-order valence-electron chi connectivity index (χ2n) is 7.60. The minimum Gasteiger partial charge on any atom is -0.483 e. The molecule has 4 nitrogen and oxygen atoms in total. The molecule has 0 radical (unpaired) electrons. The van der Waals surface area contributed by atoms with Crippen molar-refractivity contribution in [3.05, 3.63) is 59.2 Å². The highest BCUT2D eigenvalue weighted by Gasteiger charge is 2.27. The average Bonchev–Trinajstić information content (AvgIpc) is 2.62. The van der Waals surface area contributed by atoms with Gasteiger partial charge in [-0.2, -0.15) is 0 Å². The zero-order valence-corrected chi connectivity index (χ0v) is 16.8. The van der Waals surface area contributed by atoms with Gasteiger partial charge in [0.05, 0.1) is 0 Å². The molecule has 0 aromatic heterocycles. The summed E-state index contributed by atoms with van der Waals surface area (Å²) in [6.07, 6.45) is 6.24. The predicted octanol–water partition coefficient (Wildman–Crippen LogP) is 5.28. The van der Waals surface area contributed by atoms with Crippen LogP contribution < -0.4 is 15.0 Å². The lowest BCUT2D eigenvalue weighted by Gasteiger charge is -2.32. The maximum atomic E-state index is 12.7. The normalized spacial score (nSPS) is 17.8. The molecule has 1 aliphatic heterocycles. The van der Waals surface area contributed by atoms with E-state index in [0.29, 0.717) is 5.56 Å². The third-order valence-corrected chi connectivity index (χ3v) is 4.93. The van der Waals surface area contributed by atoms with Gasteiger partial charge in [-0.05, 0) is 62.2 Å². The van der Waals surface area contributed by atoms with Crippen LogP contribution in [0.3, 0.4) is 0 Å². The van der Waals surface area contributed by atoms with Crippen molar-refractivity contribution in [1.29, 1.82) is 0 Å². The minimum atomic E-state index is -0.258. The molecule has 142 valence electrons. The highest BCUT2D eigenvalue weighted by Crippen LogP contribution is 2.36. The molecule has 0 saturated heterocycles. The maximum absolute atomic E-state index is 12.7. The summed E-state index contributed by atoms with van der Waals surface area (Å²) in [4.78, 5) is 14.7. The van der Waals surface area contributed by atoms with Gasteiger partial charge in [-0.15, -0.1) is 0 Å². The molecular formula is C23H28N2O2. The van der Waals surface area contributed by atoms with Crippen LogP contribution in [0.2, 0.25) is 0 Å². The standard InChI is InChI=1S/C23H28N2O2/c1-6-11-23(3)12-10-17-15-20(16(2)13-21(17)27-23)24-22(26)18-8-7-9-19(14-18)25(4)5/h7-10,12-15H,6,11H2,1-5H3,(H,24,26). The molecule has 1 N–H and O–H groups in total. The van der Waals surface area contributed by atoms with Crippen LogP contribution in [0, 0.1) is 6.92 Å². The van der Waals surface area contributed by atoms with Gasteiger partial charge in [0.1, 0.15) is 11.4 Å². The monoisotopic (exact) mass is 364 g/mol. The van der Waals surface area contributed by atoms with Gasteiger partial charge in [0.15, 0.2) is 0 Å². The minimum absolute atomic E-state index is 0.113. The van der Waals surface area contributed by atoms with Gasteiger partial charge >= 0.3 is 0 Å². The largest absolute Gasteiger partial charge is 0.483 e. The van der Waals surface area contributed by atoms with Crippen molar-refractivity contribution in [2.75, 3.05) is 24.3 Å². The Kier molecular flexibility index (Phi) is 5.26. The van der Waals surface area contributed by atoms with Gasteiger partial charge in [-0.1, -0.05) is 25.5 Å². The summed E-state index contributed by atoms with van der Waals surface area (Å²) in [5, 5.41) is 3.04. The van der Waals surface area contributed by atoms with Crippen molar-refractivity contribution in [3.63, 3.8) is 0 Å². The molecule has 0 bridgehead atoms. The van der Waals surface area contributed by atoms with Crippen molar-refractivity contribution < 1.29 is 9.53 Å². The number of hydrogen-bond acceptors (Lipinski definition) is 3. The summed E-state index contributed by atoms with van der Waals surface area (Å²) >= 11 is 0. The molecule has 1 unspecified atom stereocenters. The summed E-state index contributed by atoms with van der Waals surface area (Å²) in [5.41, 5.74) is 4.16. The second-order valence-corrected chi connectivity index (χ2v) is 7.60. The quantitative estimate of drug-likeness (QED) is 0.785. The number of hydrogen-bond donors (Lipinski definition) is 1. The van der Waals surface area contributed by atoms with Crippen LogP contribution in [0.25, 0.3) is 6.08 Å². The van der Waals surface area contributed by atoms with E-state index in [2.05, 4.69) is 31.3 Å². The molecule has 1 aliphatic rings. The van der Waals surface area contributed by atoms with E-state index in [4.69, 9.17) is 4.74 Å². The number of rotatable bonds is 5. The van der Waals surface area contributed by atoms with E-state index >= 15 is 0 Å². The Morgan fingerprint density at radius 2 is 2.00 bits per heavy atom. The lowest BCUT2D eigenvalue weighted by Crippen LogP contribution is -2.31. The number of nitrogens with one attached hydrogen (secondary N) is 1. The van der Waals surface area contributed by atoms with Crippen LogP contribution in [0.15, 0.2) is 42.5 Å². The summed E-state index contributed by atoms with van der Waals surface area (Å²) in [6.45, 7) is 6.26. The van der Waals surface area contributed by atoms with Crippen LogP contribution in [0.4, 0.5) is 11.4 Å². The van der Waals surface area contributed by atoms with Crippen LogP contribution in [0.5, 0.6) is 5.75 Å². The Labute approximate surface area is 161 Å². The molecule has 0 spiro atoms. The highest BCUT2D eigenvalue weighted by molar-refractivity contribution is 6.05. The average molecular weight is 364 g/mol. The molecule has 0 saturated carbocycles. The Morgan fingerprint density at radius 3 is 2.70 bits per heavy atom. The number of ether oxygens (including phenoxy) is 1. The van der Waals surface area contributed by atoms with E-state index in [1.54, 1.807) is 0 Å². The third kappa shape index (κ3) is 4.16. The molecule has 3 rings (SSSR count). The van der Waals surface area contributed by atoms with Crippen LogP contribution in [-0.2, 0) is 0 Å². The highest BCUT2D eigenvalue weighted by atomic mass is 16.5. The molecule has 27 heavy (non-hydrogen) atoms. The van der Waals surface area contributed by atoms with Gasteiger partial charge in [-0.25, -0.2) is 0 Å². The Hall–Kier alpha value is -2.75. The van der Waals surface area contributed by atoms with Crippen molar-refractivity contribution >= 4 is 23.4 Å². The molecule has 0 aliphatic carbocycles. The predicted molar refractivity (Wildman–Crippen MR) is 113 cm³/mol. The Morgan fingerprint density at radius 1 is 1.22 bits per heavy atom. The molecular weight excluding hydrogens is 336 g/mol. The summed E-state index contributed by atoms with van der Waals surface area (Å²) < 4.78 is 6.22. The van der Waals surface area contributed by atoms with Gasteiger partial charge in [0.25, 0.3) is 5.91 Å². The van der Waals surface area contributed by atoms with Crippen LogP contribution >= 0.6 is 0 Å². The van der Waals surface area contributed by atoms with Crippen molar-refractivity contribution in [2.24, 2.45) is 0 Å². The molecule has 4 heteroatoms. The third-order valence-electron chi connectivity index (χ3n) is 4.93. The van der Waals surface area contributed by atoms with Gasteiger partial charge in [-0.3, -0.25) is 4.79 Å². The smallest absolute Gasteiger partial charge is 0.255 e. The number of nitrogens with zero attached hydrogens (tertiary/aromatic N) is 1. The topological polar surface area (TPSA) is 41.6 Å². The van der Waals surface area contributed by atoms with E-state index in [-0.39, 0.29) is 11.5 Å². The molecule has 1 atom stereocenters. The number of amides is 1. The molecule has 1 amide bonds. The zero-order valence-electron chi connectivity index (χ0n) is 16.8. The maximum Gasteiger partial charge on any atom is 0.255 e. The fourth-order valence-electron chi connectivity index (χ4n) is 3.35. The summed E-state index contributed by atoms with van der Waals surface area (Å²) in [6, 6.07) is 11.6. The number of carbonyl (C=O) groups is 1. The van der Waals surface area contributed by atoms with Crippen molar-refractivity contribution in [1.82, 2.24) is 0 Å². The van der Waals surface area contributed by atoms with Crippen molar-refractivity contribution in [2.45, 2.75) is 39.2 Å². The van der Waals surface area contributed by atoms with Gasteiger partial charge in [0.2, 0.25) is 0 Å². The Balaban J connectivity index is 1.83. The molecule has 2 aromatic carbocycles. The first-order valence-electron chi connectivity index (χ1n) is 9.43. The number of anilines is 2. The van der Waals surface area contributed by atoms with Crippen molar-refractivity contribution in [3.8, 4) is 5.75 Å². The van der Waals surface area contributed by atoms with Crippen LogP contribution in [-0.4, -0.2) is 25.6 Å². The molecule has 1 heterocycles. The molecule has 2 aromatic rings. The number of benzene rings is 2. The second kappa shape index (κ2) is 7.47. The number of carbonyl (C=O) groups excluding carboxylic acids is 1. The summed E-state index contributed by atoms with van der Waals surface area (Å²) in [7, 11) is 3.92. The first-order chi connectivity index (χ1) is 12.8. The Bertz CT molecular complexity index is 886. The van der Waals surface area contributed by atoms with E-state index in [1.807, 2.05) is 62.3 Å². The number of fused-ring (bicyclic) bond motifs is 1. The van der Waals surface area contributed by atoms with E-state index in [0.717, 1.165) is 41.1 Å². The first kappa shape index (κ1) is 19.0. The first-order valence-corrected chi connectivity index (χ1v) is 9.43. The van der Waals surface area contributed by atoms with Gasteiger partial charge in [0, 0.05) is 36.6 Å². The fraction of sp³-hybridized carbons (Fsp3) is 0.348.